The molecule has 1 heterocycles. The maximum atomic E-state index is 5.98. The normalized spacial score (nSPS) is 16.4. The van der Waals surface area contributed by atoms with Gasteiger partial charge in [-0.15, -0.1) is 0 Å². The van der Waals surface area contributed by atoms with Crippen molar-refractivity contribution in [3.8, 4) is 11.5 Å². The zero-order chi connectivity index (χ0) is 18.0. The van der Waals surface area contributed by atoms with E-state index in [-0.39, 0.29) is 6.10 Å². The number of nitrogens with one attached hydrogen (secondary N) is 1. The zero-order valence-electron chi connectivity index (χ0n) is 15.6. The van der Waals surface area contributed by atoms with E-state index in [1.807, 2.05) is 36.4 Å². The molecule has 0 saturated carbocycles. The first-order valence-corrected chi connectivity index (χ1v) is 9.64. The zero-order valence-corrected chi connectivity index (χ0v) is 15.6. The van der Waals surface area contributed by atoms with Crippen LogP contribution in [0.4, 0.5) is 5.69 Å². The number of benzene rings is 2. The molecule has 1 fully saturated rings. The molecule has 140 valence electrons. The smallest absolute Gasteiger partial charge is 0.142 e. The fraction of sp³-hybridized carbons (Fsp3) is 0.455. The summed E-state index contributed by atoms with van der Waals surface area (Å²) in [4.78, 5) is 0. The Labute approximate surface area is 156 Å². The van der Waals surface area contributed by atoms with Crippen molar-refractivity contribution in [3.63, 3.8) is 0 Å². The molecule has 0 aromatic heterocycles. The van der Waals surface area contributed by atoms with Crippen LogP contribution in [0.15, 0.2) is 48.5 Å². The lowest BCUT2D eigenvalue weighted by atomic mass is 10.2. The molecule has 0 bridgehead atoms. The first-order chi connectivity index (χ1) is 12.8. The van der Waals surface area contributed by atoms with Gasteiger partial charge in [-0.25, -0.2) is 0 Å². The van der Waals surface area contributed by atoms with Crippen LogP contribution in [0, 0.1) is 0 Å². The molecular weight excluding hydrogens is 326 g/mol. The van der Waals surface area contributed by atoms with Gasteiger partial charge in [0.15, 0.2) is 0 Å². The Morgan fingerprint density at radius 2 is 1.92 bits per heavy atom. The number of rotatable bonds is 10. The fourth-order valence-corrected chi connectivity index (χ4v) is 2.93. The molecule has 1 atom stereocenters. The Morgan fingerprint density at radius 3 is 2.69 bits per heavy atom. The van der Waals surface area contributed by atoms with Gasteiger partial charge in [-0.3, -0.25) is 0 Å². The molecular formula is C22H29NO3. The Balaban J connectivity index is 1.50. The third kappa shape index (κ3) is 5.67. The lowest BCUT2D eigenvalue weighted by molar-refractivity contribution is 0.0682. The van der Waals surface area contributed by atoms with Gasteiger partial charge in [-0.2, -0.15) is 0 Å². The molecule has 1 aliphatic rings. The minimum atomic E-state index is 0.225. The highest BCUT2D eigenvalue weighted by molar-refractivity contribution is 5.56. The minimum Gasteiger partial charge on any atom is -0.494 e. The molecule has 1 unspecified atom stereocenters. The molecule has 2 aromatic rings. The van der Waals surface area contributed by atoms with Crippen LogP contribution < -0.4 is 14.8 Å². The van der Waals surface area contributed by atoms with Crippen LogP contribution in [-0.2, 0) is 11.3 Å². The van der Waals surface area contributed by atoms with E-state index >= 15 is 0 Å². The van der Waals surface area contributed by atoms with Gasteiger partial charge in [0.2, 0.25) is 0 Å². The van der Waals surface area contributed by atoms with E-state index < -0.39 is 0 Å². The van der Waals surface area contributed by atoms with Crippen molar-refractivity contribution < 1.29 is 14.2 Å². The Bertz CT molecular complexity index is 651. The molecule has 0 radical (unpaired) electrons. The van der Waals surface area contributed by atoms with Crippen LogP contribution in [0.3, 0.4) is 0 Å². The van der Waals surface area contributed by atoms with Gasteiger partial charge < -0.3 is 19.5 Å². The summed E-state index contributed by atoms with van der Waals surface area (Å²) in [7, 11) is 0. The molecule has 0 spiro atoms. The average molecular weight is 355 g/mol. The topological polar surface area (TPSA) is 39.7 Å². The molecule has 0 aliphatic carbocycles. The van der Waals surface area contributed by atoms with Crippen LogP contribution >= 0.6 is 0 Å². The number of anilines is 1. The SMILES string of the molecule is CCCCOc1ccc(CNc2ccccc2OCC2CCCO2)cc1. The van der Waals surface area contributed by atoms with Crippen molar-refractivity contribution in [1.82, 2.24) is 0 Å². The van der Waals surface area contributed by atoms with Crippen molar-refractivity contribution in [2.75, 3.05) is 25.1 Å². The van der Waals surface area contributed by atoms with Crippen LogP contribution in [0.1, 0.15) is 38.2 Å². The van der Waals surface area contributed by atoms with E-state index in [0.29, 0.717) is 6.61 Å². The van der Waals surface area contributed by atoms with Gasteiger partial charge in [-0.1, -0.05) is 37.6 Å². The maximum absolute atomic E-state index is 5.98. The van der Waals surface area contributed by atoms with E-state index in [0.717, 1.165) is 62.6 Å². The predicted octanol–water partition coefficient (Wildman–Crippen LogP) is 5.04. The summed E-state index contributed by atoms with van der Waals surface area (Å²) in [6.45, 7) is 5.16. The summed E-state index contributed by atoms with van der Waals surface area (Å²) < 4.78 is 17.3. The highest BCUT2D eigenvalue weighted by atomic mass is 16.5. The van der Waals surface area contributed by atoms with Crippen molar-refractivity contribution in [2.45, 2.75) is 45.3 Å². The molecule has 26 heavy (non-hydrogen) atoms. The second-order valence-electron chi connectivity index (χ2n) is 6.64. The van der Waals surface area contributed by atoms with Crippen LogP contribution in [0.5, 0.6) is 11.5 Å². The average Bonchev–Trinajstić information content (AvgIpc) is 3.20. The quantitative estimate of drug-likeness (QED) is 0.606. The second-order valence-corrected chi connectivity index (χ2v) is 6.64. The summed E-state index contributed by atoms with van der Waals surface area (Å²) in [6, 6.07) is 16.3. The van der Waals surface area contributed by atoms with Crippen molar-refractivity contribution in [3.05, 3.63) is 54.1 Å². The van der Waals surface area contributed by atoms with Gasteiger partial charge in [0.1, 0.15) is 18.1 Å². The molecule has 1 aliphatic heterocycles. The lowest BCUT2D eigenvalue weighted by Crippen LogP contribution is -2.16. The van der Waals surface area contributed by atoms with E-state index in [1.54, 1.807) is 0 Å². The second kappa shape index (κ2) is 10.1. The third-order valence-electron chi connectivity index (χ3n) is 4.51. The standard InChI is InChI=1S/C22H29NO3/c1-2-3-14-24-19-12-10-18(11-13-19)16-23-21-8-4-5-9-22(21)26-17-20-7-6-15-25-20/h4-5,8-13,20,23H,2-3,6-7,14-17H2,1H3. The van der Waals surface area contributed by atoms with E-state index in [4.69, 9.17) is 14.2 Å². The van der Waals surface area contributed by atoms with Crippen LogP contribution in [0.25, 0.3) is 0 Å². The minimum absolute atomic E-state index is 0.225. The van der Waals surface area contributed by atoms with Gasteiger partial charge in [0, 0.05) is 13.2 Å². The van der Waals surface area contributed by atoms with E-state index in [2.05, 4.69) is 24.4 Å². The number of hydrogen-bond donors (Lipinski definition) is 1. The molecule has 2 aromatic carbocycles. The lowest BCUT2D eigenvalue weighted by Gasteiger charge is -2.16. The predicted molar refractivity (Wildman–Crippen MR) is 105 cm³/mol. The van der Waals surface area contributed by atoms with Gasteiger partial charge >= 0.3 is 0 Å². The Kier molecular flexibility index (Phi) is 7.20. The van der Waals surface area contributed by atoms with Gasteiger partial charge in [0.05, 0.1) is 18.4 Å². The van der Waals surface area contributed by atoms with Gasteiger partial charge in [-0.05, 0) is 49.1 Å². The molecule has 4 heteroatoms. The molecule has 1 saturated heterocycles. The Morgan fingerprint density at radius 1 is 1.08 bits per heavy atom. The van der Waals surface area contributed by atoms with Crippen molar-refractivity contribution >= 4 is 5.69 Å². The van der Waals surface area contributed by atoms with Crippen LogP contribution in [0.2, 0.25) is 0 Å². The van der Waals surface area contributed by atoms with Gasteiger partial charge in [0.25, 0.3) is 0 Å². The van der Waals surface area contributed by atoms with E-state index in [1.165, 1.54) is 5.56 Å². The van der Waals surface area contributed by atoms with E-state index in [9.17, 15) is 0 Å². The maximum Gasteiger partial charge on any atom is 0.142 e. The summed E-state index contributed by atoms with van der Waals surface area (Å²) >= 11 is 0. The monoisotopic (exact) mass is 355 g/mol. The summed E-state index contributed by atoms with van der Waals surface area (Å²) in [5.74, 6) is 1.81. The van der Waals surface area contributed by atoms with Crippen molar-refractivity contribution in [1.29, 1.82) is 0 Å². The number of para-hydroxylation sites is 2. The highest BCUT2D eigenvalue weighted by Crippen LogP contribution is 2.26. The highest BCUT2D eigenvalue weighted by Gasteiger charge is 2.16. The molecule has 1 N–H and O–H groups in total. The summed E-state index contributed by atoms with van der Waals surface area (Å²) in [5.41, 5.74) is 2.22. The largest absolute Gasteiger partial charge is 0.494 e. The molecule has 3 rings (SSSR count). The van der Waals surface area contributed by atoms with Crippen LogP contribution in [-0.4, -0.2) is 25.9 Å². The third-order valence-corrected chi connectivity index (χ3v) is 4.51. The van der Waals surface area contributed by atoms with Crippen molar-refractivity contribution in [2.24, 2.45) is 0 Å². The number of ether oxygens (including phenoxy) is 3. The first kappa shape index (κ1) is 18.6. The number of unbranched alkanes of at least 4 members (excludes halogenated alkanes) is 1. The number of hydrogen-bond acceptors (Lipinski definition) is 4. The molecule has 0 amide bonds. The Hall–Kier alpha value is -2.20. The summed E-state index contributed by atoms with van der Waals surface area (Å²) in [5, 5.41) is 3.47. The summed E-state index contributed by atoms with van der Waals surface area (Å²) in [6.07, 6.45) is 4.68. The first-order valence-electron chi connectivity index (χ1n) is 9.64. The molecule has 4 nitrogen and oxygen atoms in total. The fourth-order valence-electron chi connectivity index (χ4n) is 2.93.